The maximum absolute atomic E-state index is 12.0. The molecule has 1 heterocycles. The second kappa shape index (κ2) is 4.94. The molecule has 4 nitrogen and oxygen atoms in total. The zero-order chi connectivity index (χ0) is 12.5. The first-order valence-electron chi connectivity index (χ1n) is 6.75. The predicted octanol–water partition coefficient (Wildman–Crippen LogP) is 0.890. The number of hydrogen-bond acceptors (Lipinski definition) is 3. The van der Waals surface area contributed by atoms with Crippen LogP contribution in [0.2, 0.25) is 0 Å². The van der Waals surface area contributed by atoms with E-state index in [0.29, 0.717) is 19.1 Å². The average molecular weight is 240 g/mol. The van der Waals surface area contributed by atoms with Crippen molar-refractivity contribution in [1.29, 1.82) is 0 Å². The Hall–Kier alpha value is -0.610. The summed E-state index contributed by atoms with van der Waals surface area (Å²) in [6.07, 6.45) is 6.01. The zero-order valence-electron chi connectivity index (χ0n) is 10.9. The third kappa shape index (κ3) is 3.19. The van der Waals surface area contributed by atoms with Crippen molar-refractivity contribution in [3.05, 3.63) is 0 Å². The number of nitrogens with one attached hydrogen (secondary N) is 1. The molecule has 1 saturated heterocycles. The minimum atomic E-state index is -0.598. The summed E-state index contributed by atoms with van der Waals surface area (Å²) >= 11 is 0. The molecule has 2 rings (SSSR count). The average Bonchev–Trinajstić information content (AvgIpc) is 2.26. The van der Waals surface area contributed by atoms with E-state index in [-0.39, 0.29) is 11.9 Å². The van der Waals surface area contributed by atoms with Crippen molar-refractivity contribution in [2.75, 3.05) is 13.1 Å². The number of carbonyl (C=O) groups is 1. The summed E-state index contributed by atoms with van der Waals surface area (Å²) < 4.78 is 0. The number of aliphatic hydroxyl groups is 1. The molecule has 1 atom stereocenters. The molecule has 0 bridgehead atoms. The van der Waals surface area contributed by atoms with Gasteiger partial charge in [-0.2, -0.15) is 0 Å². The molecular formula is C13H24N2O2. The van der Waals surface area contributed by atoms with Crippen LogP contribution in [0.4, 0.5) is 0 Å². The third-order valence-electron chi connectivity index (χ3n) is 3.97. The van der Waals surface area contributed by atoms with Crippen molar-refractivity contribution >= 4 is 5.91 Å². The van der Waals surface area contributed by atoms with Gasteiger partial charge in [-0.1, -0.05) is 19.3 Å². The Kier molecular flexibility index (Phi) is 3.73. The minimum absolute atomic E-state index is 0.114. The monoisotopic (exact) mass is 240 g/mol. The van der Waals surface area contributed by atoms with Gasteiger partial charge in [-0.3, -0.25) is 9.69 Å². The quantitative estimate of drug-likeness (QED) is 0.770. The highest BCUT2D eigenvalue weighted by molar-refractivity contribution is 5.81. The van der Waals surface area contributed by atoms with E-state index < -0.39 is 5.60 Å². The van der Waals surface area contributed by atoms with Gasteiger partial charge in [0.1, 0.15) is 0 Å². The van der Waals surface area contributed by atoms with Crippen molar-refractivity contribution in [1.82, 2.24) is 10.2 Å². The fourth-order valence-corrected chi connectivity index (χ4v) is 2.84. The third-order valence-corrected chi connectivity index (χ3v) is 3.97. The van der Waals surface area contributed by atoms with Gasteiger partial charge in [0.25, 0.3) is 0 Å². The van der Waals surface area contributed by atoms with Crippen LogP contribution in [0.5, 0.6) is 0 Å². The molecule has 4 heteroatoms. The van der Waals surface area contributed by atoms with Gasteiger partial charge in [0.05, 0.1) is 11.6 Å². The highest BCUT2D eigenvalue weighted by Crippen LogP contribution is 2.23. The molecule has 1 unspecified atom stereocenters. The van der Waals surface area contributed by atoms with Gasteiger partial charge in [-0.15, -0.1) is 0 Å². The number of carbonyl (C=O) groups excluding carboxylic acids is 1. The Morgan fingerprint density at radius 2 is 1.94 bits per heavy atom. The van der Waals surface area contributed by atoms with Gasteiger partial charge in [-0.25, -0.2) is 0 Å². The highest BCUT2D eigenvalue weighted by Gasteiger charge is 2.41. The van der Waals surface area contributed by atoms with Gasteiger partial charge in [-0.05, 0) is 26.7 Å². The number of rotatable bonds is 3. The summed E-state index contributed by atoms with van der Waals surface area (Å²) in [5, 5.41) is 12.8. The van der Waals surface area contributed by atoms with Crippen molar-refractivity contribution < 1.29 is 9.90 Å². The molecule has 1 amide bonds. The van der Waals surface area contributed by atoms with E-state index in [1.807, 2.05) is 18.7 Å². The Morgan fingerprint density at radius 3 is 2.47 bits per heavy atom. The van der Waals surface area contributed by atoms with Crippen LogP contribution < -0.4 is 5.32 Å². The lowest BCUT2D eigenvalue weighted by atomic mass is 9.93. The number of nitrogens with zero attached hydrogens (tertiary/aromatic N) is 1. The van der Waals surface area contributed by atoms with E-state index in [0.717, 1.165) is 12.8 Å². The van der Waals surface area contributed by atoms with Crippen LogP contribution in [-0.2, 0) is 4.79 Å². The molecule has 0 radical (unpaired) electrons. The van der Waals surface area contributed by atoms with Crippen LogP contribution in [0, 0.1) is 0 Å². The highest BCUT2D eigenvalue weighted by atomic mass is 16.3. The summed E-state index contributed by atoms with van der Waals surface area (Å²) in [5.74, 6) is 0.118. The molecule has 2 aliphatic rings. The number of hydrogen-bond donors (Lipinski definition) is 2. The largest absolute Gasteiger partial charge is 0.388 e. The van der Waals surface area contributed by atoms with Gasteiger partial charge < -0.3 is 10.4 Å². The standard InChI is InChI=1S/C13H24N2O2/c1-10(15-8-13(2,17)9-15)12(16)14-11-6-4-3-5-7-11/h10-11,17H,3-9H2,1-2H3,(H,14,16). The first-order valence-corrected chi connectivity index (χ1v) is 6.75. The van der Waals surface area contributed by atoms with Crippen molar-refractivity contribution in [3.63, 3.8) is 0 Å². The lowest BCUT2D eigenvalue weighted by Gasteiger charge is -2.47. The lowest BCUT2D eigenvalue weighted by molar-refractivity contribution is -0.139. The van der Waals surface area contributed by atoms with Crippen LogP contribution in [0.1, 0.15) is 46.0 Å². The second-order valence-corrected chi connectivity index (χ2v) is 5.92. The number of likely N-dealkylation sites (tertiary alicyclic amines) is 1. The molecule has 0 aromatic heterocycles. The Bertz CT molecular complexity index is 277. The molecule has 1 aliphatic carbocycles. The van der Waals surface area contributed by atoms with Gasteiger partial charge in [0, 0.05) is 19.1 Å². The van der Waals surface area contributed by atoms with Crippen LogP contribution >= 0.6 is 0 Å². The van der Waals surface area contributed by atoms with E-state index in [2.05, 4.69) is 5.32 Å². The van der Waals surface area contributed by atoms with E-state index >= 15 is 0 Å². The molecule has 2 N–H and O–H groups in total. The minimum Gasteiger partial charge on any atom is -0.388 e. The summed E-state index contributed by atoms with van der Waals surface area (Å²) in [4.78, 5) is 14.0. The molecule has 17 heavy (non-hydrogen) atoms. The fraction of sp³-hybridized carbons (Fsp3) is 0.923. The van der Waals surface area contributed by atoms with Crippen molar-refractivity contribution in [2.45, 2.75) is 63.6 Å². The van der Waals surface area contributed by atoms with Crippen LogP contribution in [0.15, 0.2) is 0 Å². The fourth-order valence-electron chi connectivity index (χ4n) is 2.84. The Balaban J connectivity index is 1.75. The first kappa shape index (κ1) is 12.8. The Morgan fingerprint density at radius 1 is 1.35 bits per heavy atom. The predicted molar refractivity (Wildman–Crippen MR) is 66.7 cm³/mol. The van der Waals surface area contributed by atoms with Gasteiger partial charge in [0.2, 0.25) is 5.91 Å². The maximum atomic E-state index is 12.0. The SMILES string of the molecule is CC(C(=O)NC1CCCCC1)N1CC(C)(O)C1. The second-order valence-electron chi connectivity index (χ2n) is 5.92. The first-order chi connectivity index (χ1) is 7.98. The number of amides is 1. The van der Waals surface area contributed by atoms with Crippen LogP contribution in [0.25, 0.3) is 0 Å². The lowest BCUT2D eigenvalue weighted by Crippen LogP contribution is -2.65. The molecule has 2 fully saturated rings. The van der Waals surface area contributed by atoms with E-state index in [1.165, 1.54) is 19.3 Å². The smallest absolute Gasteiger partial charge is 0.237 e. The summed E-state index contributed by atoms with van der Waals surface area (Å²) in [6, 6.07) is 0.262. The molecule has 0 aromatic rings. The maximum Gasteiger partial charge on any atom is 0.237 e. The summed E-state index contributed by atoms with van der Waals surface area (Å²) in [6.45, 7) is 4.95. The summed E-state index contributed by atoms with van der Waals surface area (Å²) in [7, 11) is 0. The molecule has 1 saturated carbocycles. The van der Waals surface area contributed by atoms with Gasteiger partial charge >= 0.3 is 0 Å². The van der Waals surface area contributed by atoms with Crippen molar-refractivity contribution in [2.24, 2.45) is 0 Å². The van der Waals surface area contributed by atoms with E-state index in [9.17, 15) is 9.90 Å². The molecular weight excluding hydrogens is 216 g/mol. The molecule has 98 valence electrons. The van der Waals surface area contributed by atoms with Crippen LogP contribution in [-0.4, -0.2) is 46.7 Å². The van der Waals surface area contributed by atoms with E-state index in [4.69, 9.17) is 0 Å². The van der Waals surface area contributed by atoms with Gasteiger partial charge in [0.15, 0.2) is 0 Å². The summed E-state index contributed by atoms with van der Waals surface area (Å²) in [5.41, 5.74) is -0.598. The van der Waals surface area contributed by atoms with Crippen LogP contribution in [0.3, 0.4) is 0 Å². The van der Waals surface area contributed by atoms with Crippen molar-refractivity contribution in [3.8, 4) is 0 Å². The number of β-amino-alcohol motifs (C(OH)–C–C–N with tert-alkyl or cyclic N) is 1. The molecule has 0 aromatic carbocycles. The normalized spacial score (nSPS) is 27.2. The van der Waals surface area contributed by atoms with E-state index in [1.54, 1.807) is 0 Å². The zero-order valence-corrected chi connectivity index (χ0v) is 10.9. The molecule has 0 spiro atoms. The molecule has 1 aliphatic heterocycles. The topological polar surface area (TPSA) is 52.6 Å². The Labute approximate surface area is 103 Å².